The minimum atomic E-state index is 0.0712. The van der Waals surface area contributed by atoms with Gasteiger partial charge in [0.15, 0.2) is 0 Å². The summed E-state index contributed by atoms with van der Waals surface area (Å²) in [4.78, 5) is 21.1. The van der Waals surface area contributed by atoms with Gasteiger partial charge < -0.3 is 14.6 Å². The Balaban J connectivity index is 1.49. The Labute approximate surface area is 172 Å². The van der Waals surface area contributed by atoms with Gasteiger partial charge in [0.2, 0.25) is 0 Å². The lowest BCUT2D eigenvalue weighted by Crippen LogP contribution is -2.42. The van der Waals surface area contributed by atoms with Crippen molar-refractivity contribution in [3.05, 3.63) is 65.9 Å². The number of likely N-dealkylation sites (N-methyl/N-ethyl adjacent to an activating group) is 1. The molecule has 1 aromatic heterocycles. The first-order chi connectivity index (χ1) is 14.1. The molecule has 5 nitrogen and oxygen atoms in total. The molecule has 5 heteroatoms. The number of likely N-dealkylation sites (tertiary alicyclic amines) is 1. The van der Waals surface area contributed by atoms with Crippen molar-refractivity contribution < 1.29 is 9.53 Å². The Morgan fingerprint density at radius 2 is 2.03 bits per heavy atom. The van der Waals surface area contributed by atoms with Crippen molar-refractivity contribution in [2.45, 2.75) is 32.4 Å². The van der Waals surface area contributed by atoms with Gasteiger partial charge in [0.1, 0.15) is 11.4 Å². The zero-order valence-electron chi connectivity index (χ0n) is 17.4. The van der Waals surface area contributed by atoms with E-state index in [1.54, 1.807) is 7.11 Å². The van der Waals surface area contributed by atoms with Crippen molar-refractivity contribution in [2.75, 3.05) is 26.7 Å². The van der Waals surface area contributed by atoms with Crippen LogP contribution in [0.2, 0.25) is 0 Å². The van der Waals surface area contributed by atoms with Crippen LogP contribution in [0.15, 0.2) is 54.6 Å². The largest absolute Gasteiger partial charge is 0.497 e. The fourth-order valence-corrected chi connectivity index (χ4v) is 4.39. The monoisotopic (exact) mass is 391 g/mol. The van der Waals surface area contributed by atoms with Crippen molar-refractivity contribution in [1.29, 1.82) is 0 Å². The molecule has 1 fully saturated rings. The molecule has 0 bridgehead atoms. The molecule has 152 valence electrons. The number of fused-ring (bicyclic) bond motifs is 1. The molecule has 1 saturated heterocycles. The van der Waals surface area contributed by atoms with E-state index >= 15 is 0 Å². The van der Waals surface area contributed by atoms with Gasteiger partial charge in [-0.3, -0.25) is 9.69 Å². The molecule has 2 aromatic carbocycles. The van der Waals surface area contributed by atoms with Crippen molar-refractivity contribution in [2.24, 2.45) is 0 Å². The second kappa shape index (κ2) is 8.29. The smallest absolute Gasteiger partial charge is 0.270 e. The highest BCUT2D eigenvalue weighted by Gasteiger charge is 2.33. The lowest BCUT2D eigenvalue weighted by molar-refractivity contribution is 0.0684. The maximum atomic E-state index is 13.3. The highest BCUT2D eigenvalue weighted by molar-refractivity contribution is 5.98. The first-order valence-corrected chi connectivity index (χ1v) is 10.4. The van der Waals surface area contributed by atoms with Crippen LogP contribution in [-0.4, -0.2) is 53.5 Å². The van der Waals surface area contributed by atoms with E-state index in [0.29, 0.717) is 18.3 Å². The predicted octanol–water partition coefficient (Wildman–Crippen LogP) is 4.47. The van der Waals surface area contributed by atoms with E-state index in [4.69, 9.17) is 4.74 Å². The molecule has 0 saturated carbocycles. The Kier molecular flexibility index (Phi) is 5.58. The first kappa shape index (κ1) is 19.5. The molecule has 0 radical (unpaired) electrons. The number of hydrogen-bond acceptors (Lipinski definition) is 3. The number of nitrogens with zero attached hydrogens (tertiary/aromatic N) is 2. The van der Waals surface area contributed by atoms with Crippen LogP contribution in [0.1, 0.15) is 42.4 Å². The highest BCUT2D eigenvalue weighted by atomic mass is 16.5. The molecule has 2 atom stereocenters. The van der Waals surface area contributed by atoms with Crippen LogP contribution in [0.3, 0.4) is 0 Å². The normalized spacial score (nSPS) is 18.1. The summed E-state index contributed by atoms with van der Waals surface area (Å²) >= 11 is 0. The number of methoxy groups -OCH3 is 1. The Hall–Kier alpha value is -2.79. The Morgan fingerprint density at radius 1 is 1.24 bits per heavy atom. The van der Waals surface area contributed by atoms with E-state index in [1.807, 2.05) is 29.2 Å². The number of H-pyrrole nitrogens is 1. The molecule has 1 N–H and O–H groups in total. The summed E-state index contributed by atoms with van der Waals surface area (Å²) in [6, 6.07) is 19.0. The average molecular weight is 392 g/mol. The molecule has 2 heterocycles. The molecule has 0 spiro atoms. The van der Waals surface area contributed by atoms with Crippen LogP contribution in [0, 0.1) is 0 Å². The third-order valence-corrected chi connectivity index (χ3v) is 6.13. The topological polar surface area (TPSA) is 48.6 Å². The van der Waals surface area contributed by atoms with Crippen LogP contribution < -0.4 is 4.74 Å². The second-order valence-corrected chi connectivity index (χ2v) is 7.75. The number of benzene rings is 2. The molecular formula is C24H29N3O2. The SMILES string of the molecule is CCN(C(=O)c1cc2ccc(OC)cc2[nH]1)[C@H]1CCN([C@@H](C)c2ccccc2)C1. The fraction of sp³-hybridized carbons (Fsp3) is 0.375. The lowest BCUT2D eigenvalue weighted by Gasteiger charge is -2.29. The number of aromatic amines is 1. The summed E-state index contributed by atoms with van der Waals surface area (Å²) in [5.74, 6) is 0.855. The number of rotatable bonds is 6. The van der Waals surface area contributed by atoms with E-state index in [9.17, 15) is 4.79 Å². The summed E-state index contributed by atoms with van der Waals surface area (Å²) in [7, 11) is 1.65. The van der Waals surface area contributed by atoms with E-state index in [1.165, 1.54) is 5.56 Å². The number of aromatic nitrogens is 1. The molecule has 29 heavy (non-hydrogen) atoms. The standard InChI is InChI=1S/C24H29N3O2/c1-4-27(20-12-13-26(16-20)17(2)18-8-6-5-7-9-18)24(28)23-14-19-10-11-21(29-3)15-22(19)25-23/h5-11,14-15,17,20,25H,4,12-13,16H2,1-3H3/t17-,20-/m0/s1. The number of hydrogen-bond donors (Lipinski definition) is 1. The third kappa shape index (κ3) is 3.87. The molecule has 4 rings (SSSR count). The summed E-state index contributed by atoms with van der Waals surface area (Å²) < 4.78 is 5.29. The van der Waals surface area contributed by atoms with Gasteiger partial charge in [-0.1, -0.05) is 30.3 Å². The van der Waals surface area contributed by atoms with Crippen molar-refractivity contribution in [1.82, 2.24) is 14.8 Å². The number of carbonyl (C=O) groups excluding carboxylic acids is 1. The number of ether oxygens (including phenoxy) is 1. The van der Waals surface area contributed by atoms with Crippen molar-refractivity contribution in [3.8, 4) is 5.75 Å². The molecule has 1 amide bonds. The zero-order chi connectivity index (χ0) is 20.4. The van der Waals surface area contributed by atoms with Crippen LogP contribution in [0.5, 0.6) is 5.75 Å². The average Bonchev–Trinajstić information content (AvgIpc) is 3.41. The second-order valence-electron chi connectivity index (χ2n) is 7.75. The maximum absolute atomic E-state index is 13.3. The number of carbonyl (C=O) groups is 1. The van der Waals surface area contributed by atoms with Gasteiger partial charge in [-0.05, 0) is 44.0 Å². The van der Waals surface area contributed by atoms with E-state index < -0.39 is 0 Å². The number of nitrogens with one attached hydrogen (secondary N) is 1. The minimum absolute atomic E-state index is 0.0712. The predicted molar refractivity (Wildman–Crippen MR) is 116 cm³/mol. The van der Waals surface area contributed by atoms with Gasteiger partial charge >= 0.3 is 0 Å². The molecule has 0 aliphatic carbocycles. The van der Waals surface area contributed by atoms with Gasteiger partial charge in [-0.15, -0.1) is 0 Å². The lowest BCUT2D eigenvalue weighted by atomic mass is 10.1. The molecular weight excluding hydrogens is 362 g/mol. The van der Waals surface area contributed by atoms with E-state index in [0.717, 1.165) is 36.2 Å². The summed E-state index contributed by atoms with van der Waals surface area (Å²) in [5.41, 5.74) is 2.89. The fourth-order valence-electron chi connectivity index (χ4n) is 4.39. The molecule has 3 aromatic rings. The Morgan fingerprint density at radius 3 is 2.76 bits per heavy atom. The first-order valence-electron chi connectivity index (χ1n) is 10.4. The molecule has 1 aliphatic heterocycles. The van der Waals surface area contributed by atoms with Crippen LogP contribution in [-0.2, 0) is 0 Å². The van der Waals surface area contributed by atoms with Crippen LogP contribution >= 0.6 is 0 Å². The van der Waals surface area contributed by atoms with E-state index in [-0.39, 0.29) is 11.9 Å². The molecule has 1 aliphatic rings. The minimum Gasteiger partial charge on any atom is -0.497 e. The Bertz CT molecular complexity index is 982. The van der Waals surface area contributed by atoms with Gasteiger partial charge in [-0.2, -0.15) is 0 Å². The summed E-state index contributed by atoms with van der Waals surface area (Å²) in [5, 5.41) is 1.02. The van der Waals surface area contributed by atoms with Crippen molar-refractivity contribution in [3.63, 3.8) is 0 Å². The van der Waals surface area contributed by atoms with E-state index in [2.05, 4.69) is 54.1 Å². The molecule has 0 unspecified atom stereocenters. The van der Waals surface area contributed by atoms with Gasteiger partial charge in [0.25, 0.3) is 5.91 Å². The van der Waals surface area contributed by atoms with Gasteiger partial charge in [0.05, 0.1) is 7.11 Å². The maximum Gasteiger partial charge on any atom is 0.270 e. The quantitative estimate of drug-likeness (QED) is 0.674. The summed E-state index contributed by atoms with van der Waals surface area (Å²) in [6.45, 7) is 6.93. The van der Waals surface area contributed by atoms with Crippen molar-refractivity contribution >= 4 is 16.8 Å². The van der Waals surface area contributed by atoms with Gasteiger partial charge in [0, 0.05) is 48.7 Å². The van der Waals surface area contributed by atoms with Gasteiger partial charge in [-0.25, -0.2) is 0 Å². The zero-order valence-corrected chi connectivity index (χ0v) is 17.4. The van der Waals surface area contributed by atoms with Crippen LogP contribution in [0.25, 0.3) is 10.9 Å². The summed E-state index contributed by atoms with van der Waals surface area (Å²) in [6.07, 6.45) is 1.00. The highest BCUT2D eigenvalue weighted by Crippen LogP contribution is 2.28. The third-order valence-electron chi connectivity index (χ3n) is 6.13. The number of amides is 1. The van der Waals surface area contributed by atoms with Crippen LogP contribution in [0.4, 0.5) is 0 Å².